The molecule has 7 nitrogen and oxygen atoms in total. The summed E-state index contributed by atoms with van der Waals surface area (Å²) >= 11 is 5.71. The molecule has 1 aromatic carbocycles. The lowest BCUT2D eigenvalue weighted by Crippen LogP contribution is -2.29. The molecule has 3 aromatic rings. The standard InChI is InChI=1S/C21H23N5O2S2/c1-13-12-17(14(2)23-13)20-19(18-6-4-5-11-22-18)24-21(29)26(20)16-9-7-15(8-10-16)25-30(3,27)28/h4-12,19-20,23,25H,1-3H3,(H,24,29)/t19-,20+/m0/s1. The number of aryl methyl sites for hydroxylation is 2. The molecule has 4 rings (SSSR count). The minimum Gasteiger partial charge on any atom is -0.362 e. The van der Waals surface area contributed by atoms with Crippen LogP contribution in [-0.4, -0.2) is 29.8 Å². The van der Waals surface area contributed by atoms with Crippen LogP contribution in [0.15, 0.2) is 54.7 Å². The first-order valence-corrected chi connectivity index (χ1v) is 11.8. The van der Waals surface area contributed by atoms with Gasteiger partial charge >= 0.3 is 0 Å². The largest absolute Gasteiger partial charge is 0.362 e. The first kappa shape index (κ1) is 20.4. The summed E-state index contributed by atoms with van der Waals surface area (Å²) in [6, 6.07) is 15.0. The molecule has 0 radical (unpaired) electrons. The molecule has 30 heavy (non-hydrogen) atoms. The molecular weight excluding hydrogens is 418 g/mol. The number of rotatable bonds is 5. The third kappa shape index (κ3) is 4.03. The molecular formula is C21H23N5O2S2. The fraction of sp³-hybridized carbons (Fsp3) is 0.238. The van der Waals surface area contributed by atoms with Crippen LogP contribution in [0.4, 0.5) is 11.4 Å². The van der Waals surface area contributed by atoms with Crippen LogP contribution in [0.1, 0.15) is 34.7 Å². The van der Waals surface area contributed by atoms with E-state index in [2.05, 4.69) is 37.9 Å². The summed E-state index contributed by atoms with van der Waals surface area (Å²) in [5, 5.41) is 4.02. The molecule has 0 amide bonds. The van der Waals surface area contributed by atoms with Gasteiger partial charge in [-0.2, -0.15) is 0 Å². The predicted octanol–water partition coefficient (Wildman–Crippen LogP) is 3.58. The zero-order valence-electron chi connectivity index (χ0n) is 16.9. The van der Waals surface area contributed by atoms with Crippen molar-refractivity contribution < 1.29 is 8.42 Å². The zero-order valence-corrected chi connectivity index (χ0v) is 18.5. The van der Waals surface area contributed by atoms with E-state index >= 15 is 0 Å². The van der Waals surface area contributed by atoms with Gasteiger partial charge in [0.05, 0.1) is 24.0 Å². The van der Waals surface area contributed by atoms with Crippen molar-refractivity contribution in [1.29, 1.82) is 0 Å². The highest BCUT2D eigenvalue weighted by molar-refractivity contribution is 7.92. The molecule has 0 unspecified atom stereocenters. The average molecular weight is 442 g/mol. The Hall–Kier alpha value is -2.91. The molecule has 1 aliphatic rings. The third-order valence-electron chi connectivity index (χ3n) is 5.06. The number of sulfonamides is 1. The van der Waals surface area contributed by atoms with Crippen LogP contribution in [0.5, 0.6) is 0 Å². The van der Waals surface area contributed by atoms with Gasteiger partial charge in [-0.25, -0.2) is 8.42 Å². The molecule has 3 heterocycles. The number of benzene rings is 1. The SMILES string of the molecule is Cc1cc([C@@H]2[C@H](c3ccccn3)NC(=S)N2c2ccc(NS(C)(=O)=O)cc2)c(C)[nH]1. The molecule has 3 N–H and O–H groups in total. The molecule has 1 saturated heterocycles. The second-order valence-electron chi connectivity index (χ2n) is 7.45. The topological polar surface area (TPSA) is 90.1 Å². The van der Waals surface area contributed by atoms with Gasteiger partial charge in [0.25, 0.3) is 0 Å². The van der Waals surface area contributed by atoms with Gasteiger partial charge in [-0.1, -0.05) is 6.07 Å². The van der Waals surface area contributed by atoms with E-state index in [1.807, 2.05) is 37.3 Å². The van der Waals surface area contributed by atoms with E-state index in [1.54, 1.807) is 18.3 Å². The van der Waals surface area contributed by atoms with Crippen LogP contribution < -0.4 is 14.9 Å². The van der Waals surface area contributed by atoms with Gasteiger partial charge in [0.2, 0.25) is 10.0 Å². The lowest BCUT2D eigenvalue weighted by Gasteiger charge is -2.28. The van der Waals surface area contributed by atoms with Gasteiger partial charge in [-0.3, -0.25) is 9.71 Å². The molecule has 156 valence electrons. The molecule has 0 saturated carbocycles. The average Bonchev–Trinajstić information content (AvgIpc) is 3.20. The molecule has 9 heteroatoms. The molecule has 1 fully saturated rings. The number of anilines is 2. The van der Waals surface area contributed by atoms with E-state index in [4.69, 9.17) is 12.2 Å². The number of aromatic amines is 1. The number of H-pyrrole nitrogens is 1. The highest BCUT2D eigenvalue weighted by Gasteiger charge is 2.41. The number of pyridine rings is 1. The van der Waals surface area contributed by atoms with Gasteiger partial charge in [0, 0.05) is 29.0 Å². The monoisotopic (exact) mass is 441 g/mol. The maximum absolute atomic E-state index is 11.5. The summed E-state index contributed by atoms with van der Waals surface area (Å²) in [5.74, 6) is 0. The Bertz CT molecular complexity index is 1170. The van der Waals surface area contributed by atoms with Crippen LogP contribution in [0.3, 0.4) is 0 Å². The summed E-state index contributed by atoms with van der Waals surface area (Å²) < 4.78 is 25.5. The second-order valence-corrected chi connectivity index (χ2v) is 9.59. The molecule has 0 aliphatic carbocycles. The van der Waals surface area contributed by atoms with Crippen LogP contribution >= 0.6 is 12.2 Å². The van der Waals surface area contributed by atoms with E-state index in [1.165, 1.54) is 0 Å². The van der Waals surface area contributed by atoms with Crippen LogP contribution in [0, 0.1) is 13.8 Å². The lowest BCUT2D eigenvalue weighted by molar-refractivity contribution is 0.566. The quantitative estimate of drug-likeness (QED) is 0.525. The van der Waals surface area contributed by atoms with Crippen molar-refractivity contribution in [3.05, 3.63) is 77.4 Å². The van der Waals surface area contributed by atoms with Crippen molar-refractivity contribution in [2.75, 3.05) is 15.9 Å². The number of hydrogen-bond acceptors (Lipinski definition) is 4. The van der Waals surface area contributed by atoms with Crippen molar-refractivity contribution in [3.63, 3.8) is 0 Å². The summed E-state index contributed by atoms with van der Waals surface area (Å²) in [7, 11) is -3.34. The predicted molar refractivity (Wildman–Crippen MR) is 123 cm³/mol. The number of aromatic nitrogens is 2. The van der Waals surface area contributed by atoms with Gasteiger partial charge in [0.1, 0.15) is 0 Å². The Kier molecular flexibility index (Phi) is 5.25. The van der Waals surface area contributed by atoms with Crippen molar-refractivity contribution in [3.8, 4) is 0 Å². The molecule has 0 bridgehead atoms. The molecule has 1 aliphatic heterocycles. The molecule has 0 spiro atoms. The normalized spacial score (nSPS) is 19.0. The second kappa shape index (κ2) is 7.73. The Balaban J connectivity index is 1.77. The van der Waals surface area contributed by atoms with Gasteiger partial charge < -0.3 is 15.2 Å². The summed E-state index contributed by atoms with van der Waals surface area (Å²) in [6.45, 7) is 4.08. The van der Waals surface area contributed by atoms with Gasteiger partial charge in [0.15, 0.2) is 5.11 Å². The number of thiocarbonyl (C=S) groups is 1. The summed E-state index contributed by atoms with van der Waals surface area (Å²) in [6.07, 6.45) is 2.91. The van der Waals surface area contributed by atoms with E-state index < -0.39 is 10.0 Å². The lowest BCUT2D eigenvalue weighted by atomic mass is 9.96. The summed E-state index contributed by atoms with van der Waals surface area (Å²) in [4.78, 5) is 10.0. The first-order valence-electron chi connectivity index (χ1n) is 9.47. The highest BCUT2D eigenvalue weighted by Crippen LogP contribution is 2.42. The summed E-state index contributed by atoms with van der Waals surface area (Å²) in [5.41, 5.74) is 5.56. The highest BCUT2D eigenvalue weighted by atomic mass is 32.2. The number of nitrogens with zero attached hydrogens (tertiary/aromatic N) is 2. The Morgan fingerprint density at radius 1 is 1.13 bits per heavy atom. The minimum atomic E-state index is -3.34. The van der Waals surface area contributed by atoms with E-state index in [0.29, 0.717) is 10.8 Å². The maximum Gasteiger partial charge on any atom is 0.229 e. The Morgan fingerprint density at radius 2 is 1.87 bits per heavy atom. The van der Waals surface area contributed by atoms with Crippen LogP contribution in [0.25, 0.3) is 0 Å². The Labute approximate surface area is 181 Å². The van der Waals surface area contributed by atoms with Crippen molar-refractivity contribution in [1.82, 2.24) is 15.3 Å². The third-order valence-corrected chi connectivity index (χ3v) is 5.98. The fourth-order valence-electron chi connectivity index (χ4n) is 3.91. The minimum absolute atomic E-state index is 0.105. The number of nitrogens with one attached hydrogen (secondary N) is 3. The number of hydrogen-bond donors (Lipinski definition) is 3. The van der Waals surface area contributed by atoms with Crippen LogP contribution in [-0.2, 0) is 10.0 Å². The molecule has 2 aromatic heterocycles. The van der Waals surface area contributed by atoms with E-state index in [-0.39, 0.29) is 12.1 Å². The van der Waals surface area contributed by atoms with Crippen molar-refractivity contribution in [2.45, 2.75) is 25.9 Å². The Morgan fingerprint density at radius 3 is 2.43 bits per heavy atom. The van der Waals surface area contributed by atoms with Crippen molar-refractivity contribution >= 4 is 38.7 Å². The van der Waals surface area contributed by atoms with Gasteiger partial charge in [-0.05, 0) is 74.1 Å². The van der Waals surface area contributed by atoms with Crippen molar-refractivity contribution in [2.24, 2.45) is 0 Å². The fourth-order valence-corrected chi connectivity index (χ4v) is 4.82. The smallest absolute Gasteiger partial charge is 0.229 e. The first-order chi connectivity index (χ1) is 14.2. The zero-order chi connectivity index (χ0) is 21.5. The van der Waals surface area contributed by atoms with Crippen LogP contribution in [0.2, 0.25) is 0 Å². The maximum atomic E-state index is 11.5. The van der Waals surface area contributed by atoms with E-state index in [0.717, 1.165) is 34.6 Å². The molecule has 2 atom stereocenters. The van der Waals surface area contributed by atoms with Gasteiger partial charge in [-0.15, -0.1) is 0 Å². The van der Waals surface area contributed by atoms with E-state index in [9.17, 15) is 8.42 Å².